The standard InChI is InChI=1S/C19H18F3NO6S/c1-9(2)28-18(25)14-13(19(20,21)22)7-6-11(17(14)30(3,26)27)15(24)12-8-23-29-16(12)10-4-5-10/h6-10H,4-5H2,1-3H3. The number of halogens is 3. The second-order valence-electron chi connectivity index (χ2n) is 7.30. The van der Waals surface area contributed by atoms with Crippen molar-refractivity contribution in [1.29, 1.82) is 0 Å². The molecule has 1 aliphatic carbocycles. The molecule has 162 valence electrons. The molecule has 1 heterocycles. The second-order valence-corrected chi connectivity index (χ2v) is 9.25. The summed E-state index contributed by atoms with van der Waals surface area (Å²) < 4.78 is 75.7. The average molecular weight is 445 g/mol. The monoisotopic (exact) mass is 445 g/mol. The molecule has 0 radical (unpaired) electrons. The highest BCUT2D eigenvalue weighted by Gasteiger charge is 2.42. The van der Waals surface area contributed by atoms with Gasteiger partial charge in [0.15, 0.2) is 21.4 Å². The number of nitrogens with zero attached hydrogens (tertiary/aromatic N) is 1. The number of carbonyl (C=O) groups is 2. The molecule has 0 saturated heterocycles. The van der Waals surface area contributed by atoms with E-state index in [1.807, 2.05) is 0 Å². The number of sulfone groups is 1. The van der Waals surface area contributed by atoms with Crippen LogP contribution in [0.2, 0.25) is 0 Å². The number of ether oxygens (including phenoxy) is 1. The Bertz CT molecular complexity index is 1110. The second kappa shape index (κ2) is 7.53. The van der Waals surface area contributed by atoms with Crippen molar-refractivity contribution in [2.75, 3.05) is 6.26 Å². The fourth-order valence-electron chi connectivity index (χ4n) is 3.06. The van der Waals surface area contributed by atoms with Crippen molar-refractivity contribution >= 4 is 21.6 Å². The Morgan fingerprint density at radius 3 is 2.33 bits per heavy atom. The van der Waals surface area contributed by atoms with Gasteiger partial charge >= 0.3 is 12.1 Å². The lowest BCUT2D eigenvalue weighted by Gasteiger charge is -2.19. The Morgan fingerprint density at radius 2 is 1.83 bits per heavy atom. The first-order chi connectivity index (χ1) is 13.8. The van der Waals surface area contributed by atoms with Crippen LogP contribution < -0.4 is 0 Å². The summed E-state index contributed by atoms with van der Waals surface area (Å²) in [5, 5.41) is 3.56. The number of alkyl halides is 3. The molecule has 0 aliphatic heterocycles. The van der Waals surface area contributed by atoms with E-state index >= 15 is 0 Å². The van der Waals surface area contributed by atoms with E-state index in [0.29, 0.717) is 12.3 Å². The number of hydrogen-bond acceptors (Lipinski definition) is 7. The SMILES string of the molecule is CC(C)OC(=O)c1c(C(F)(F)F)ccc(C(=O)c2cnoc2C2CC2)c1S(C)(=O)=O. The molecule has 1 aromatic carbocycles. The predicted molar refractivity (Wildman–Crippen MR) is 97.0 cm³/mol. The lowest BCUT2D eigenvalue weighted by molar-refractivity contribution is -0.138. The zero-order valence-corrected chi connectivity index (χ0v) is 17.1. The maximum atomic E-state index is 13.6. The largest absolute Gasteiger partial charge is 0.459 e. The molecule has 30 heavy (non-hydrogen) atoms. The number of hydrogen-bond donors (Lipinski definition) is 0. The Morgan fingerprint density at radius 1 is 1.20 bits per heavy atom. The van der Waals surface area contributed by atoms with Gasteiger partial charge in [-0.3, -0.25) is 4.79 Å². The molecule has 1 saturated carbocycles. The summed E-state index contributed by atoms with van der Waals surface area (Å²) in [7, 11) is -4.45. The third kappa shape index (κ3) is 4.25. The van der Waals surface area contributed by atoms with E-state index in [1.165, 1.54) is 13.8 Å². The van der Waals surface area contributed by atoms with Crippen LogP contribution in [-0.4, -0.2) is 37.7 Å². The molecular weight excluding hydrogens is 427 g/mol. The van der Waals surface area contributed by atoms with E-state index in [0.717, 1.165) is 25.1 Å². The summed E-state index contributed by atoms with van der Waals surface area (Å²) in [5.41, 5.74) is -3.34. The Balaban J connectivity index is 2.30. The quantitative estimate of drug-likeness (QED) is 0.492. The zero-order chi connectivity index (χ0) is 22.4. The van der Waals surface area contributed by atoms with Crippen LogP contribution in [-0.2, 0) is 20.8 Å². The molecule has 11 heteroatoms. The molecule has 0 atom stereocenters. The predicted octanol–water partition coefficient (Wildman–Crippen LogP) is 3.77. The van der Waals surface area contributed by atoms with E-state index in [9.17, 15) is 31.2 Å². The number of benzene rings is 1. The first-order valence-electron chi connectivity index (χ1n) is 8.96. The molecule has 1 fully saturated rings. The molecule has 0 spiro atoms. The van der Waals surface area contributed by atoms with E-state index in [4.69, 9.17) is 9.26 Å². The zero-order valence-electron chi connectivity index (χ0n) is 16.2. The summed E-state index contributed by atoms with van der Waals surface area (Å²) in [5.74, 6) is -2.20. The van der Waals surface area contributed by atoms with Gasteiger partial charge in [-0.05, 0) is 38.8 Å². The third-order valence-electron chi connectivity index (χ3n) is 4.42. The minimum Gasteiger partial charge on any atom is -0.459 e. The minimum atomic E-state index is -5.05. The highest BCUT2D eigenvalue weighted by atomic mass is 32.2. The highest BCUT2D eigenvalue weighted by molar-refractivity contribution is 7.90. The summed E-state index contributed by atoms with van der Waals surface area (Å²) in [4.78, 5) is 24.6. The van der Waals surface area contributed by atoms with Crippen LogP contribution in [0, 0.1) is 0 Å². The van der Waals surface area contributed by atoms with Crippen LogP contribution in [0.5, 0.6) is 0 Å². The lowest BCUT2D eigenvalue weighted by atomic mass is 9.97. The molecule has 1 aromatic heterocycles. The van der Waals surface area contributed by atoms with Gasteiger partial charge in [-0.15, -0.1) is 0 Å². The molecule has 0 unspecified atom stereocenters. The van der Waals surface area contributed by atoms with E-state index < -0.39 is 55.5 Å². The van der Waals surface area contributed by atoms with E-state index in [2.05, 4.69) is 5.16 Å². The van der Waals surface area contributed by atoms with Crippen molar-refractivity contribution in [2.45, 2.75) is 49.8 Å². The smallest absolute Gasteiger partial charge is 0.417 e. The van der Waals surface area contributed by atoms with Crippen molar-refractivity contribution in [3.05, 3.63) is 46.3 Å². The van der Waals surface area contributed by atoms with Gasteiger partial charge in [0.2, 0.25) is 0 Å². The molecule has 3 rings (SSSR count). The van der Waals surface area contributed by atoms with Crippen molar-refractivity contribution in [1.82, 2.24) is 5.16 Å². The Kier molecular flexibility index (Phi) is 5.52. The molecule has 2 aromatic rings. The first kappa shape index (κ1) is 22.0. The average Bonchev–Trinajstić information content (AvgIpc) is 3.34. The molecular formula is C19H18F3NO6S. The summed E-state index contributed by atoms with van der Waals surface area (Å²) in [6, 6.07) is 1.25. The van der Waals surface area contributed by atoms with Crippen molar-refractivity contribution in [3.8, 4) is 0 Å². The maximum absolute atomic E-state index is 13.6. The van der Waals surface area contributed by atoms with Gasteiger partial charge in [0.05, 0.1) is 33.9 Å². The number of aromatic nitrogens is 1. The molecule has 1 aliphatic rings. The lowest BCUT2D eigenvalue weighted by Crippen LogP contribution is -2.24. The van der Waals surface area contributed by atoms with Gasteiger partial charge in [0.1, 0.15) is 0 Å². The number of ketones is 1. The van der Waals surface area contributed by atoms with Crippen molar-refractivity contribution in [3.63, 3.8) is 0 Å². The van der Waals surface area contributed by atoms with Gasteiger partial charge in [0, 0.05) is 17.7 Å². The third-order valence-corrected chi connectivity index (χ3v) is 5.58. The van der Waals surface area contributed by atoms with Gasteiger partial charge < -0.3 is 9.26 Å². The number of carbonyl (C=O) groups excluding carboxylic acids is 2. The molecule has 0 amide bonds. The van der Waals surface area contributed by atoms with Crippen LogP contribution in [0.4, 0.5) is 13.2 Å². The normalized spacial score (nSPS) is 14.8. The van der Waals surface area contributed by atoms with Crippen LogP contribution in [0.3, 0.4) is 0 Å². The first-order valence-corrected chi connectivity index (χ1v) is 10.9. The minimum absolute atomic E-state index is 0.0506. The van der Waals surface area contributed by atoms with Gasteiger partial charge in [-0.2, -0.15) is 13.2 Å². The van der Waals surface area contributed by atoms with Gasteiger partial charge in [0.25, 0.3) is 0 Å². The van der Waals surface area contributed by atoms with Crippen LogP contribution in [0.1, 0.15) is 70.2 Å². The van der Waals surface area contributed by atoms with E-state index in [-0.39, 0.29) is 17.2 Å². The summed E-state index contributed by atoms with van der Waals surface area (Å²) in [6.45, 7) is 2.80. The molecule has 0 bridgehead atoms. The summed E-state index contributed by atoms with van der Waals surface area (Å²) in [6.07, 6.45) is -2.67. The molecule has 0 N–H and O–H groups in total. The number of rotatable bonds is 6. The summed E-state index contributed by atoms with van der Waals surface area (Å²) >= 11 is 0. The number of esters is 1. The fourth-order valence-corrected chi connectivity index (χ4v) is 4.19. The maximum Gasteiger partial charge on any atom is 0.417 e. The van der Waals surface area contributed by atoms with Crippen molar-refractivity contribution in [2.24, 2.45) is 0 Å². The van der Waals surface area contributed by atoms with Crippen LogP contribution in [0.15, 0.2) is 27.7 Å². The van der Waals surface area contributed by atoms with Crippen LogP contribution in [0.25, 0.3) is 0 Å². The topological polar surface area (TPSA) is 104 Å². The van der Waals surface area contributed by atoms with Crippen molar-refractivity contribution < 1.29 is 40.4 Å². The van der Waals surface area contributed by atoms with Crippen LogP contribution >= 0.6 is 0 Å². The molecule has 7 nitrogen and oxygen atoms in total. The van der Waals surface area contributed by atoms with Gasteiger partial charge in [-0.25, -0.2) is 13.2 Å². The van der Waals surface area contributed by atoms with Gasteiger partial charge in [-0.1, -0.05) is 5.16 Å². The Hall–Kier alpha value is -2.69. The fraction of sp³-hybridized carbons (Fsp3) is 0.421. The Labute approximate surface area is 170 Å². The van der Waals surface area contributed by atoms with E-state index in [1.54, 1.807) is 0 Å². The highest BCUT2D eigenvalue weighted by Crippen LogP contribution is 2.43.